The highest BCUT2D eigenvalue weighted by Crippen LogP contribution is 2.09. The minimum atomic E-state index is 0.190. The third-order valence-electron chi connectivity index (χ3n) is 1.35. The summed E-state index contributed by atoms with van der Waals surface area (Å²) >= 11 is 0. The summed E-state index contributed by atoms with van der Waals surface area (Å²) in [5.41, 5.74) is 0. The number of hydrogen-bond donors (Lipinski definition) is 2. The van der Waals surface area contributed by atoms with Crippen molar-refractivity contribution in [3.05, 3.63) is 31.3 Å². The Morgan fingerprint density at radius 3 is 3.11 bits per heavy atom. The maximum atomic E-state index is 3.08. The van der Waals surface area contributed by atoms with Crippen molar-refractivity contribution in [1.29, 1.82) is 0 Å². The molecule has 0 amide bonds. The Hall–Kier alpha value is -1.12. The van der Waals surface area contributed by atoms with E-state index in [0.717, 1.165) is 0 Å². The highest BCUT2D eigenvalue weighted by molar-refractivity contribution is 5.08. The molecule has 3 nitrogen and oxygen atoms in total. The molecule has 2 heterocycles. The molecule has 0 aliphatic carbocycles. The maximum absolute atomic E-state index is 3.08. The summed E-state index contributed by atoms with van der Waals surface area (Å²) in [6.07, 6.45) is 7.85. The molecule has 2 aliphatic rings. The van der Waals surface area contributed by atoms with E-state index in [-0.39, 0.29) is 6.17 Å². The molecule has 2 aliphatic heterocycles. The van der Waals surface area contributed by atoms with Crippen molar-refractivity contribution in [2.75, 3.05) is 0 Å². The van der Waals surface area contributed by atoms with E-state index in [1.54, 1.807) is 0 Å². The van der Waals surface area contributed by atoms with Gasteiger partial charge < -0.3 is 15.5 Å². The maximum Gasteiger partial charge on any atom is 0.135 e. The van der Waals surface area contributed by atoms with Crippen molar-refractivity contribution in [1.82, 2.24) is 15.5 Å². The third-order valence-corrected chi connectivity index (χ3v) is 1.35. The van der Waals surface area contributed by atoms with Crippen LogP contribution in [-0.2, 0) is 0 Å². The zero-order valence-corrected chi connectivity index (χ0v) is 4.83. The predicted octanol–water partition coefficient (Wildman–Crippen LogP) is -0.198. The summed E-state index contributed by atoms with van der Waals surface area (Å²) in [4.78, 5) is 2.02. The highest BCUT2D eigenvalue weighted by atomic mass is 15.3. The van der Waals surface area contributed by atoms with Gasteiger partial charge in [-0.2, -0.15) is 0 Å². The fraction of sp³-hybridized carbons (Fsp3) is 0.167. The van der Waals surface area contributed by atoms with Crippen LogP contribution in [0.1, 0.15) is 0 Å². The van der Waals surface area contributed by atoms with Crippen LogP contribution in [0.15, 0.2) is 24.8 Å². The molecule has 0 saturated heterocycles. The van der Waals surface area contributed by atoms with Crippen LogP contribution in [0, 0.1) is 6.54 Å². The lowest BCUT2D eigenvalue weighted by Gasteiger charge is -2.24. The molecular formula is C6H7N3. The molecular weight excluding hydrogens is 114 g/mol. The van der Waals surface area contributed by atoms with E-state index in [0.29, 0.717) is 0 Å². The Morgan fingerprint density at radius 2 is 2.22 bits per heavy atom. The first-order chi connectivity index (χ1) is 4.47. The van der Waals surface area contributed by atoms with E-state index >= 15 is 0 Å². The van der Waals surface area contributed by atoms with Crippen molar-refractivity contribution < 1.29 is 0 Å². The van der Waals surface area contributed by atoms with Gasteiger partial charge in [0.2, 0.25) is 0 Å². The minimum Gasteiger partial charge on any atom is -0.376 e. The molecule has 0 fully saturated rings. The SMILES string of the molecule is [C]1NC=CN2C=CNC12. The van der Waals surface area contributed by atoms with Gasteiger partial charge in [0.05, 0.1) is 0 Å². The van der Waals surface area contributed by atoms with Gasteiger partial charge in [0.15, 0.2) is 0 Å². The molecule has 0 aromatic carbocycles. The standard InChI is InChI=1S/C6H7N3/c1-3-9-4-2-8-6(9)5-7-1/h1-4,6-8H. The van der Waals surface area contributed by atoms with Crippen LogP contribution in [-0.4, -0.2) is 11.1 Å². The number of hydrogen-bond acceptors (Lipinski definition) is 3. The second-order valence-corrected chi connectivity index (χ2v) is 1.94. The monoisotopic (exact) mass is 121 g/mol. The van der Waals surface area contributed by atoms with Gasteiger partial charge in [-0.25, -0.2) is 0 Å². The molecule has 2 radical (unpaired) electrons. The number of fused-ring (bicyclic) bond motifs is 1. The second-order valence-electron chi connectivity index (χ2n) is 1.94. The summed E-state index contributed by atoms with van der Waals surface area (Å²) in [5, 5.41) is 5.96. The molecule has 0 aromatic rings. The fourth-order valence-electron chi connectivity index (χ4n) is 0.895. The van der Waals surface area contributed by atoms with E-state index in [1.807, 2.05) is 29.7 Å². The van der Waals surface area contributed by atoms with Gasteiger partial charge in [0, 0.05) is 24.8 Å². The largest absolute Gasteiger partial charge is 0.376 e. The lowest BCUT2D eigenvalue weighted by molar-refractivity contribution is 0.378. The van der Waals surface area contributed by atoms with Crippen LogP contribution in [0.2, 0.25) is 0 Å². The first kappa shape index (κ1) is 4.73. The number of nitrogens with zero attached hydrogens (tertiary/aromatic N) is 1. The molecule has 1 unspecified atom stereocenters. The van der Waals surface area contributed by atoms with Gasteiger partial charge in [-0.15, -0.1) is 0 Å². The molecule has 0 aromatic heterocycles. The van der Waals surface area contributed by atoms with Crippen molar-refractivity contribution in [2.45, 2.75) is 6.17 Å². The Morgan fingerprint density at radius 1 is 1.33 bits per heavy atom. The first-order valence-corrected chi connectivity index (χ1v) is 2.85. The van der Waals surface area contributed by atoms with Crippen molar-refractivity contribution in [2.24, 2.45) is 0 Å². The van der Waals surface area contributed by atoms with Crippen LogP contribution in [0.4, 0.5) is 0 Å². The van der Waals surface area contributed by atoms with Crippen LogP contribution < -0.4 is 10.6 Å². The normalized spacial score (nSPS) is 29.3. The summed E-state index contributed by atoms with van der Waals surface area (Å²) < 4.78 is 0. The van der Waals surface area contributed by atoms with Crippen LogP contribution in [0.3, 0.4) is 0 Å². The molecule has 9 heavy (non-hydrogen) atoms. The molecule has 2 N–H and O–H groups in total. The average Bonchev–Trinajstić information content (AvgIpc) is 2.33. The van der Waals surface area contributed by atoms with Gasteiger partial charge in [-0.05, 0) is 0 Å². The highest BCUT2D eigenvalue weighted by Gasteiger charge is 2.18. The van der Waals surface area contributed by atoms with E-state index in [2.05, 4.69) is 17.2 Å². The van der Waals surface area contributed by atoms with Crippen molar-refractivity contribution in [3.8, 4) is 0 Å². The van der Waals surface area contributed by atoms with Crippen molar-refractivity contribution in [3.63, 3.8) is 0 Å². The Labute approximate surface area is 54.0 Å². The first-order valence-electron chi connectivity index (χ1n) is 2.85. The van der Waals surface area contributed by atoms with Crippen LogP contribution >= 0.6 is 0 Å². The predicted molar refractivity (Wildman–Crippen MR) is 33.4 cm³/mol. The number of nitrogens with one attached hydrogen (secondary N) is 2. The quantitative estimate of drug-likeness (QED) is 0.465. The molecule has 0 bridgehead atoms. The Balaban J connectivity index is 2.17. The summed E-state index contributed by atoms with van der Waals surface area (Å²) in [6.45, 7) is 3.00. The fourth-order valence-corrected chi connectivity index (χ4v) is 0.895. The topological polar surface area (TPSA) is 27.3 Å². The summed E-state index contributed by atoms with van der Waals surface area (Å²) in [7, 11) is 0. The Bertz CT molecular complexity index is 162. The minimum absolute atomic E-state index is 0.190. The summed E-state index contributed by atoms with van der Waals surface area (Å²) in [5.74, 6) is 0. The molecule has 2 rings (SSSR count). The van der Waals surface area contributed by atoms with Gasteiger partial charge in [0.25, 0.3) is 0 Å². The average molecular weight is 121 g/mol. The molecule has 1 atom stereocenters. The van der Waals surface area contributed by atoms with Gasteiger partial charge in [0.1, 0.15) is 12.7 Å². The van der Waals surface area contributed by atoms with Crippen molar-refractivity contribution >= 4 is 0 Å². The molecule has 0 spiro atoms. The van der Waals surface area contributed by atoms with Crippen LogP contribution in [0.25, 0.3) is 0 Å². The molecule has 0 saturated carbocycles. The van der Waals surface area contributed by atoms with E-state index in [4.69, 9.17) is 0 Å². The number of rotatable bonds is 0. The van der Waals surface area contributed by atoms with Gasteiger partial charge >= 0.3 is 0 Å². The van der Waals surface area contributed by atoms with Gasteiger partial charge in [-0.3, -0.25) is 0 Å². The second kappa shape index (κ2) is 1.69. The smallest absolute Gasteiger partial charge is 0.135 e. The van der Waals surface area contributed by atoms with Gasteiger partial charge in [-0.1, -0.05) is 0 Å². The molecule has 46 valence electrons. The lowest BCUT2D eigenvalue weighted by atomic mass is 10.4. The zero-order valence-electron chi connectivity index (χ0n) is 4.83. The van der Waals surface area contributed by atoms with E-state index < -0.39 is 0 Å². The summed E-state index contributed by atoms with van der Waals surface area (Å²) in [6, 6.07) is 0. The van der Waals surface area contributed by atoms with E-state index in [9.17, 15) is 0 Å². The molecule has 3 heteroatoms. The third kappa shape index (κ3) is 0.650. The zero-order chi connectivity index (χ0) is 6.10. The van der Waals surface area contributed by atoms with E-state index in [1.165, 1.54) is 0 Å². The Kier molecular flexibility index (Phi) is 0.886. The van der Waals surface area contributed by atoms with Crippen LogP contribution in [0.5, 0.6) is 0 Å². The lowest BCUT2D eigenvalue weighted by Crippen LogP contribution is -2.38.